The molecule has 2 aromatic carbocycles. The normalized spacial score (nSPS) is 10.3. The number of hydrogen-bond donors (Lipinski definition) is 0. The van der Waals surface area contributed by atoms with Crippen molar-refractivity contribution in [3.63, 3.8) is 0 Å². The summed E-state index contributed by atoms with van der Waals surface area (Å²) >= 11 is 0. The number of nitriles is 1. The third-order valence-electron chi connectivity index (χ3n) is 3.25. The molecule has 4 heteroatoms. The molecule has 3 rings (SSSR count). The minimum absolute atomic E-state index is 0.278. The number of halogens is 1. The summed E-state index contributed by atoms with van der Waals surface area (Å²) in [6.45, 7) is 0. The van der Waals surface area contributed by atoms with E-state index >= 15 is 0 Å². The average molecular weight is 277 g/mol. The van der Waals surface area contributed by atoms with Gasteiger partial charge in [-0.15, -0.1) is 0 Å². The van der Waals surface area contributed by atoms with E-state index in [-0.39, 0.29) is 5.82 Å². The second-order valence-corrected chi connectivity index (χ2v) is 4.79. The second kappa shape index (κ2) is 5.22. The summed E-state index contributed by atoms with van der Waals surface area (Å²) in [4.78, 5) is 0. The van der Waals surface area contributed by atoms with Crippen LogP contribution in [0.4, 0.5) is 4.39 Å². The molecule has 0 aliphatic rings. The van der Waals surface area contributed by atoms with Crippen molar-refractivity contribution in [2.24, 2.45) is 7.05 Å². The number of rotatable bonds is 2. The van der Waals surface area contributed by atoms with Crippen molar-refractivity contribution in [1.29, 1.82) is 5.26 Å². The Balaban J connectivity index is 2.13. The fourth-order valence-electron chi connectivity index (χ4n) is 2.22. The zero-order valence-electron chi connectivity index (χ0n) is 11.4. The number of aryl methyl sites for hydroxylation is 1. The van der Waals surface area contributed by atoms with E-state index in [1.165, 1.54) is 12.1 Å². The smallest absolute Gasteiger partial charge is 0.123 e. The molecule has 21 heavy (non-hydrogen) atoms. The Morgan fingerprint density at radius 3 is 2.33 bits per heavy atom. The Hall–Kier alpha value is -2.93. The van der Waals surface area contributed by atoms with Crippen molar-refractivity contribution in [3.05, 3.63) is 66.1 Å². The molecule has 0 aliphatic carbocycles. The molecule has 0 atom stereocenters. The minimum Gasteiger partial charge on any atom is -0.275 e. The Morgan fingerprint density at radius 1 is 1.00 bits per heavy atom. The highest BCUT2D eigenvalue weighted by molar-refractivity contribution is 5.73. The molecule has 0 bridgehead atoms. The van der Waals surface area contributed by atoms with Gasteiger partial charge in [0.1, 0.15) is 5.82 Å². The molecule has 1 aromatic heterocycles. The van der Waals surface area contributed by atoms with Crippen LogP contribution >= 0.6 is 0 Å². The molecule has 3 nitrogen and oxygen atoms in total. The first-order valence-corrected chi connectivity index (χ1v) is 6.47. The van der Waals surface area contributed by atoms with Gasteiger partial charge in [0.25, 0.3) is 0 Å². The van der Waals surface area contributed by atoms with Crippen LogP contribution in [0.15, 0.2) is 54.7 Å². The van der Waals surface area contributed by atoms with Crippen LogP contribution in [0.25, 0.3) is 22.4 Å². The summed E-state index contributed by atoms with van der Waals surface area (Å²) in [6, 6.07) is 15.8. The van der Waals surface area contributed by atoms with Gasteiger partial charge < -0.3 is 0 Å². The van der Waals surface area contributed by atoms with E-state index in [0.717, 1.165) is 22.4 Å². The van der Waals surface area contributed by atoms with E-state index in [4.69, 9.17) is 0 Å². The topological polar surface area (TPSA) is 41.6 Å². The van der Waals surface area contributed by atoms with Crippen molar-refractivity contribution in [3.8, 4) is 28.5 Å². The minimum atomic E-state index is -0.278. The second-order valence-electron chi connectivity index (χ2n) is 4.79. The first-order valence-electron chi connectivity index (χ1n) is 6.47. The van der Waals surface area contributed by atoms with Gasteiger partial charge in [0.15, 0.2) is 0 Å². The lowest BCUT2D eigenvalue weighted by Crippen LogP contribution is -1.89. The lowest BCUT2D eigenvalue weighted by molar-refractivity contribution is 0.628. The van der Waals surface area contributed by atoms with Gasteiger partial charge in [0, 0.05) is 18.8 Å². The van der Waals surface area contributed by atoms with Crippen LogP contribution in [0.2, 0.25) is 0 Å². The third kappa shape index (κ3) is 2.67. The van der Waals surface area contributed by atoms with Gasteiger partial charge in [0.05, 0.1) is 17.3 Å². The molecule has 0 radical (unpaired) electrons. The SMILES string of the molecule is Cn1ccc(-c2cc(C#N)cc(-c3ccc(F)cc3)c2)n1. The fourth-order valence-corrected chi connectivity index (χ4v) is 2.22. The lowest BCUT2D eigenvalue weighted by atomic mass is 9.99. The molecule has 0 N–H and O–H groups in total. The number of benzene rings is 2. The van der Waals surface area contributed by atoms with Gasteiger partial charge in [-0.25, -0.2) is 4.39 Å². The maximum Gasteiger partial charge on any atom is 0.123 e. The van der Waals surface area contributed by atoms with Crippen LogP contribution in [0, 0.1) is 17.1 Å². The molecular formula is C17H12FN3. The predicted octanol–water partition coefficient (Wildman–Crippen LogP) is 3.76. The van der Waals surface area contributed by atoms with E-state index < -0.39 is 0 Å². The molecule has 3 aromatic rings. The third-order valence-corrected chi connectivity index (χ3v) is 3.25. The Kier molecular flexibility index (Phi) is 3.25. The van der Waals surface area contributed by atoms with Crippen molar-refractivity contribution >= 4 is 0 Å². The van der Waals surface area contributed by atoms with E-state index in [2.05, 4.69) is 11.2 Å². The van der Waals surface area contributed by atoms with E-state index in [9.17, 15) is 9.65 Å². The summed E-state index contributed by atoms with van der Waals surface area (Å²) in [5, 5.41) is 13.5. The van der Waals surface area contributed by atoms with Gasteiger partial charge in [-0.05, 0) is 47.5 Å². The largest absolute Gasteiger partial charge is 0.275 e. The molecule has 1 heterocycles. The van der Waals surface area contributed by atoms with Gasteiger partial charge in [-0.3, -0.25) is 4.68 Å². The van der Waals surface area contributed by atoms with Gasteiger partial charge in [0.2, 0.25) is 0 Å². The number of aromatic nitrogens is 2. The fraction of sp³-hybridized carbons (Fsp3) is 0.0588. The molecule has 0 fully saturated rings. The van der Waals surface area contributed by atoms with Gasteiger partial charge >= 0.3 is 0 Å². The highest BCUT2D eigenvalue weighted by Crippen LogP contribution is 2.27. The Morgan fingerprint density at radius 2 is 1.71 bits per heavy atom. The van der Waals surface area contributed by atoms with Crippen molar-refractivity contribution in [2.45, 2.75) is 0 Å². The van der Waals surface area contributed by atoms with Crippen LogP contribution in [0.1, 0.15) is 5.56 Å². The first-order chi connectivity index (χ1) is 10.2. The van der Waals surface area contributed by atoms with Crippen LogP contribution in [-0.4, -0.2) is 9.78 Å². The standard InChI is InChI=1S/C17H12FN3/c1-21-7-6-17(20-21)15-9-12(11-19)8-14(10-15)13-2-4-16(18)5-3-13/h2-10H,1H3. The van der Waals surface area contributed by atoms with E-state index in [0.29, 0.717) is 5.56 Å². The summed E-state index contributed by atoms with van der Waals surface area (Å²) in [5.41, 5.74) is 3.96. The van der Waals surface area contributed by atoms with Crippen molar-refractivity contribution < 1.29 is 4.39 Å². The maximum absolute atomic E-state index is 13.0. The van der Waals surface area contributed by atoms with Crippen LogP contribution < -0.4 is 0 Å². The zero-order chi connectivity index (χ0) is 14.8. The summed E-state index contributed by atoms with van der Waals surface area (Å²) in [5.74, 6) is -0.278. The highest BCUT2D eigenvalue weighted by atomic mass is 19.1. The van der Waals surface area contributed by atoms with Gasteiger partial charge in [-0.2, -0.15) is 10.4 Å². The highest BCUT2D eigenvalue weighted by Gasteiger charge is 2.07. The molecule has 0 spiro atoms. The molecule has 0 unspecified atom stereocenters. The quantitative estimate of drug-likeness (QED) is 0.715. The van der Waals surface area contributed by atoms with Crippen molar-refractivity contribution in [1.82, 2.24) is 9.78 Å². The zero-order valence-corrected chi connectivity index (χ0v) is 11.4. The molecule has 0 amide bonds. The molecular weight excluding hydrogens is 265 g/mol. The lowest BCUT2D eigenvalue weighted by Gasteiger charge is -2.06. The summed E-state index contributed by atoms with van der Waals surface area (Å²) < 4.78 is 14.7. The van der Waals surface area contributed by atoms with E-state index in [1.54, 1.807) is 28.9 Å². The first kappa shape index (κ1) is 13.1. The number of hydrogen-bond acceptors (Lipinski definition) is 2. The molecule has 102 valence electrons. The molecule has 0 aliphatic heterocycles. The van der Waals surface area contributed by atoms with Gasteiger partial charge in [-0.1, -0.05) is 12.1 Å². The Bertz CT molecular complexity index is 826. The number of nitrogens with zero attached hydrogens (tertiary/aromatic N) is 3. The molecule has 0 saturated heterocycles. The Labute approximate surface area is 121 Å². The van der Waals surface area contributed by atoms with Crippen LogP contribution in [0.3, 0.4) is 0 Å². The monoisotopic (exact) mass is 277 g/mol. The van der Waals surface area contributed by atoms with E-state index in [1.807, 2.05) is 25.4 Å². The maximum atomic E-state index is 13.0. The molecule has 0 saturated carbocycles. The average Bonchev–Trinajstić information content (AvgIpc) is 2.94. The summed E-state index contributed by atoms with van der Waals surface area (Å²) in [6.07, 6.45) is 1.85. The summed E-state index contributed by atoms with van der Waals surface area (Å²) in [7, 11) is 1.85. The van der Waals surface area contributed by atoms with Crippen LogP contribution in [0.5, 0.6) is 0 Å². The predicted molar refractivity (Wildman–Crippen MR) is 78.8 cm³/mol. The van der Waals surface area contributed by atoms with Crippen molar-refractivity contribution in [2.75, 3.05) is 0 Å². The van der Waals surface area contributed by atoms with Crippen LogP contribution in [-0.2, 0) is 7.05 Å².